The fraction of sp³-hybridized carbons (Fsp3) is 0.667. The zero-order valence-corrected chi connectivity index (χ0v) is 12.4. The predicted molar refractivity (Wildman–Crippen MR) is 81.3 cm³/mol. The van der Waals surface area contributed by atoms with Crippen molar-refractivity contribution in [2.75, 3.05) is 7.05 Å². The molecule has 2 bridgehead atoms. The van der Waals surface area contributed by atoms with Gasteiger partial charge in [-0.25, -0.2) is 0 Å². The molecule has 0 heterocycles. The van der Waals surface area contributed by atoms with Gasteiger partial charge in [0.25, 0.3) is 0 Å². The topological polar surface area (TPSA) is 12.0 Å². The summed E-state index contributed by atoms with van der Waals surface area (Å²) in [5.74, 6) is 3.13. The Morgan fingerprint density at radius 1 is 1.26 bits per heavy atom. The lowest BCUT2D eigenvalue weighted by molar-refractivity contribution is 0.281. The zero-order valence-electron chi connectivity index (χ0n) is 12.4. The Bertz CT molecular complexity index is 425. The summed E-state index contributed by atoms with van der Waals surface area (Å²) >= 11 is 0. The molecule has 0 spiro atoms. The van der Waals surface area contributed by atoms with Crippen molar-refractivity contribution in [3.05, 3.63) is 35.4 Å². The molecular weight excluding hydrogens is 230 g/mol. The Morgan fingerprint density at radius 2 is 2.16 bits per heavy atom. The maximum Gasteiger partial charge on any atom is 0.0107 e. The van der Waals surface area contributed by atoms with Crippen molar-refractivity contribution in [1.82, 2.24) is 5.32 Å². The molecule has 0 aliphatic heterocycles. The van der Waals surface area contributed by atoms with Gasteiger partial charge in [0.1, 0.15) is 0 Å². The Labute approximate surface area is 117 Å². The summed E-state index contributed by atoms with van der Waals surface area (Å²) in [6.07, 6.45) is 8.64. The number of aryl methyl sites for hydroxylation is 1. The normalized spacial score (nSPS) is 30.7. The van der Waals surface area contributed by atoms with E-state index in [-0.39, 0.29) is 0 Å². The number of hydrogen-bond donors (Lipinski definition) is 1. The Balaban J connectivity index is 1.59. The SMILES string of the molecule is CNC(Cc1cccc(C)c1)CC1CC2CCC1C2. The third-order valence-electron chi connectivity index (χ3n) is 5.44. The lowest BCUT2D eigenvalue weighted by Gasteiger charge is -2.26. The van der Waals surface area contributed by atoms with Gasteiger partial charge in [-0.05, 0) is 69.4 Å². The molecule has 0 amide bonds. The van der Waals surface area contributed by atoms with E-state index in [0.717, 1.165) is 17.8 Å². The molecular formula is C18H27N. The maximum absolute atomic E-state index is 3.56. The van der Waals surface area contributed by atoms with Crippen LogP contribution in [0.15, 0.2) is 24.3 Å². The van der Waals surface area contributed by atoms with Crippen molar-refractivity contribution < 1.29 is 0 Å². The van der Waals surface area contributed by atoms with Crippen molar-refractivity contribution >= 4 is 0 Å². The lowest BCUT2D eigenvalue weighted by atomic mass is 9.83. The second kappa shape index (κ2) is 5.66. The van der Waals surface area contributed by atoms with Gasteiger partial charge in [-0.15, -0.1) is 0 Å². The van der Waals surface area contributed by atoms with Gasteiger partial charge in [-0.3, -0.25) is 0 Å². The van der Waals surface area contributed by atoms with Gasteiger partial charge in [0.05, 0.1) is 0 Å². The van der Waals surface area contributed by atoms with E-state index >= 15 is 0 Å². The molecule has 4 unspecified atom stereocenters. The summed E-state index contributed by atoms with van der Waals surface area (Å²) in [6, 6.07) is 9.65. The van der Waals surface area contributed by atoms with Gasteiger partial charge in [0.15, 0.2) is 0 Å². The third-order valence-corrected chi connectivity index (χ3v) is 5.44. The second-order valence-electron chi connectivity index (χ2n) is 6.85. The minimum absolute atomic E-state index is 0.658. The fourth-order valence-electron chi connectivity index (χ4n) is 4.46. The summed E-state index contributed by atoms with van der Waals surface area (Å²) in [5, 5.41) is 3.56. The molecule has 0 radical (unpaired) electrons. The molecule has 2 aliphatic carbocycles. The van der Waals surface area contributed by atoms with E-state index in [1.54, 1.807) is 0 Å². The Morgan fingerprint density at radius 3 is 2.79 bits per heavy atom. The van der Waals surface area contributed by atoms with Crippen LogP contribution in [0.4, 0.5) is 0 Å². The minimum Gasteiger partial charge on any atom is -0.317 e. The van der Waals surface area contributed by atoms with Crippen molar-refractivity contribution in [2.45, 2.75) is 51.5 Å². The molecule has 1 nitrogen and oxygen atoms in total. The van der Waals surface area contributed by atoms with Crippen LogP contribution in [0, 0.1) is 24.7 Å². The molecule has 2 saturated carbocycles. The van der Waals surface area contributed by atoms with Crippen molar-refractivity contribution in [1.29, 1.82) is 0 Å². The average molecular weight is 257 g/mol. The first-order valence-electron chi connectivity index (χ1n) is 7.97. The van der Waals surface area contributed by atoms with Crippen LogP contribution >= 0.6 is 0 Å². The van der Waals surface area contributed by atoms with Crippen LogP contribution in [0.5, 0.6) is 0 Å². The summed E-state index contributed by atoms with van der Waals surface area (Å²) < 4.78 is 0. The second-order valence-corrected chi connectivity index (χ2v) is 6.85. The van der Waals surface area contributed by atoms with Crippen LogP contribution in [0.1, 0.15) is 43.2 Å². The van der Waals surface area contributed by atoms with Gasteiger partial charge in [0, 0.05) is 6.04 Å². The van der Waals surface area contributed by atoms with Crippen molar-refractivity contribution in [3.63, 3.8) is 0 Å². The molecule has 1 aromatic carbocycles. The van der Waals surface area contributed by atoms with Gasteiger partial charge < -0.3 is 5.32 Å². The van der Waals surface area contributed by atoms with E-state index in [2.05, 4.69) is 43.6 Å². The van der Waals surface area contributed by atoms with Gasteiger partial charge in [-0.1, -0.05) is 36.2 Å². The number of hydrogen-bond acceptors (Lipinski definition) is 1. The maximum atomic E-state index is 3.56. The van der Waals surface area contributed by atoms with Gasteiger partial charge in [0.2, 0.25) is 0 Å². The Kier molecular flexibility index (Phi) is 3.93. The monoisotopic (exact) mass is 257 g/mol. The molecule has 0 saturated heterocycles. The summed E-state index contributed by atoms with van der Waals surface area (Å²) in [5.41, 5.74) is 2.87. The first-order chi connectivity index (χ1) is 9.24. The van der Waals surface area contributed by atoms with Crippen LogP contribution in [0.3, 0.4) is 0 Å². The van der Waals surface area contributed by atoms with E-state index in [9.17, 15) is 0 Å². The summed E-state index contributed by atoms with van der Waals surface area (Å²) in [4.78, 5) is 0. The van der Waals surface area contributed by atoms with E-state index in [4.69, 9.17) is 0 Å². The smallest absolute Gasteiger partial charge is 0.0107 e. The number of rotatable bonds is 5. The highest BCUT2D eigenvalue weighted by molar-refractivity contribution is 5.23. The summed E-state index contributed by atoms with van der Waals surface area (Å²) in [7, 11) is 2.13. The molecule has 1 heteroatoms. The summed E-state index contributed by atoms with van der Waals surface area (Å²) in [6.45, 7) is 2.19. The minimum atomic E-state index is 0.658. The molecule has 1 N–H and O–H groups in total. The number of nitrogens with one attached hydrogen (secondary N) is 1. The van der Waals surface area contributed by atoms with E-state index in [0.29, 0.717) is 6.04 Å². The van der Waals surface area contributed by atoms with E-state index in [1.807, 2.05) is 0 Å². The van der Waals surface area contributed by atoms with Crippen LogP contribution in [0.25, 0.3) is 0 Å². The molecule has 2 fully saturated rings. The van der Waals surface area contributed by atoms with Gasteiger partial charge in [-0.2, -0.15) is 0 Å². The number of likely N-dealkylation sites (N-methyl/N-ethyl adjacent to an activating group) is 1. The van der Waals surface area contributed by atoms with Crippen LogP contribution in [0.2, 0.25) is 0 Å². The van der Waals surface area contributed by atoms with Gasteiger partial charge >= 0.3 is 0 Å². The standard InChI is InChI=1S/C18H27N/c1-13-4-3-5-14(8-13)11-18(19-2)12-17-10-15-6-7-16(17)9-15/h3-5,8,15-19H,6-7,9-12H2,1-2H3. The average Bonchev–Trinajstić information content (AvgIpc) is 3.00. The number of fused-ring (bicyclic) bond motifs is 2. The highest BCUT2D eigenvalue weighted by Crippen LogP contribution is 2.49. The van der Waals surface area contributed by atoms with Crippen LogP contribution in [-0.2, 0) is 6.42 Å². The van der Waals surface area contributed by atoms with Crippen molar-refractivity contribution in [3.8, 4) is 0 Å². The molecule has 3 rings (SSSR count). The third kappa shape index (κ3) is 3.02. The molecule has 2 aliphatic rings. The van der Waals surface area contributed by atoms with Crippen LogP contribution in [-0.4, -0.2) is 13.1 Å². The highest BCUT2D eigenvalue weighted by Gasteiger charge is 2.39. The largest absolute Gasteiger partial charge is 0.317 e. The molecule has 19 heavy (non-hydrogen) atoms. The molecule has 104 valence electrons. The zero-order chi connectivity index (χ0) is 13.2. The molecule has 0 aromatic heterocycles. The highest BCUT2D eigenvalue weighted by atomic mass is 14.9. The first-order valence-corrected chi connectivity index (χ1v) is 7.97. The fourth-order valence-corrected chi connectivity index (χ4v) is 4.46. The molecule has 4 atom stereocenters. The van der Waals surface area contributed by atoms with E-state index in [1.165, 1.54) is 49.7 Å². The molecule has 1 aromatic rings. The van der Waals surface area contributed by atoms with Crippen molar-refractivity contribution in [2.24, 2.45) is 17.8 Å². The quantitative estimate of drug-likeness (QED) is 0.842. The Hall–Kier alpha value is -0.820. The first kappa shape index (κ1) is 13.2. The van der Waals surface area contributed by atoms with Crippen LogP contribution < -0.4 is 5.32 Å². The predicted octanol–water partition coefficient (Wildman–Crippen LogP) is 3.95. The van der Waals surface area contributed by atoms with E-state index < -0.39 is 0 Å². The lowest BCUT2D eigenvalue weighted by Crippen LogP contribution is -2.31. The number of benzene rings is 1.